The molecule has 0 saturated heterocycles. The molecule has 0 saturated carbocycles. The Morgan fingerprint density at radius 2 is 2.00 bits per heavy atom. The molecule has 2 heterocycles. The maximum absolute atomic E-state index is 12.0. The number of hydrogen-bond acceptors (Lipinski definition) is 4. The zero-order valence-electron chi connectivity index (χ0n) is 11.4. The molecule has 0 aliphatic carbocycles. The molecule has 112 valence electrons. The number of amides is 2. The summed E-state index contributed by atoms with van der Waals surface area (Å²) in [5, 5.41) is 3.82. The first kappa shape index (κ1) is 14.6. The van der Waals surface area contributed by atoms with Crippen LogP contribution in [-0.4, -0.2) is 21.8 Å². The average molecular weight is 335 g/mol. The van der Waals surface area contributed by atoms with Crippen LogP contribution in [0, 0.1) is 6.92 Å². The van der Waals surface area contributed by atoms with Crippen LogP contribution in [0.3, 0.4) is 0 Å². The van der Waals surface area contributed by atoms with Crippen LogP contribution in [0.4, 0.5) is 0 Å². The van der Waals surface area contributed by atoms with Crippen LogP contribution in [-0.2, 0) is 0 Å². The highest BCUT2D eigenvalue weighted by molar-refractivity contribution is 7.09. The summed E-state index contributed by atoms with van der Waals surface area (Å²) in [7, 11) is 0. The van der Waals surface area contributed by atoms with Gasteiger partial charge in [-0.2, -0.15) is 0 Å². The van der Waals surface area contributed by atoms with E-state index in [-0.39, 0.29) is 5.69 Å². The van der Waals surface area contributed by atoms with Crippen LogP contribution in [0.15, 0.2) is 29.6 Å². The van der Waals surface area contributed by atoms with Crippen molar-refractivity contribution in [2.75, 3.05) is 0 Å². The molecule has 3 aromatic rings. The van der Waals surface area contributed by atoms with Gasteiger partial charge < -0.3 is 4.98 Å². The number of thiazole rings is 1. The van der Waals surface area contributed by atoms with E-state index in [1.54, 1.807) is 36.6 Å². The van der Waals surface area contributed by atoms with Crippen molar-refractivity contribution in [3.63, 3.8) is 0 Å². The number of fused-ring (bicyclic) bond motifs is 1. The zero-order chi connectivity index (χ0) is 15.7. The van der Waals surface area contributed by atoms with E-state index in [1.165, 1.54) is 11.3 Å². The lowest BCUT2D eigenvalue weighted by atomic mass is 10.2. The van der Waals surface area contributed by atoms with Gasteiger partial charge in [0.15, 0.2) is 0 Å². The van der Waals surface area contributed by atoms with Crippen molar-refractivity contribution in [2.24, 2.45) is 0 Å². The summed E-state index contributed by atoms with van der Waals surface area (Å²) in [6.07, 6.45) is 0. The van der Waals surface area contributed by atoms with Crippen molar-refractivity contribution in [1.82, 2.24) is 20.8 Å². The van der Waals surface area contributed by atoms with Crippen molar-refractivity contribution in [1.29, 1.82) is 0 Å². The highest BCUT2D eigenvalue weighted by atomic mass is 35.5. The molecule has 0 radical (unpaired) electrons. The first-order chi connectivity index (χ1) is 10.5. The number of carbonyl (C=O) groups is 2. The molecule has 3 N–H and O–H groups in total. The predicted molar refractivity (Wildman–Crippen MR) is 85.1 cm³/mol. The zero-order valence-corrected chi connectivity index (χ0v) is 13.0. The maximum Gasteiger partial charge on any atom is 0.289 e. The first-order valence-corrected chi connectivity index (χ1v) is 7.60. The smallest absolute Gasteiger partial charge is 0.289 e. The van der Waals surface area contributed by atoms with Crippen molar-refractivity contribution in [3.8, 4) is 0 Å². The normalized spacial score (nSPS) is 10.6. The quantitative estimate of drug-likeness (QED) is 0.630. The molecule has 0 aliphatic rings. The highest BCUT2D eigenvalue weighted by Crippen LogP contribution is 2.19. The van der Waals surface area contributed by atoms with Crippen LogP contribution in [0.25, 0.3) is 10.9 Å². The number of benzene rings is 1. The second kappa shape index (κ2) is 5.78. The third-order valence-electron chi connectivity index (χ3n) is 2.97. The van der Waals surface area contributed by atoms with Crippen molar-refractivity contribution >= 4 is 45.7 Å². The number of aromatic amines is 1. The van der Waals surface area contributed by atoms with E-state index in [9.17, 15) is 9.59 Å². The number of hydrogen-bond donors (Lipinski definition) is 3. The van der Waals surface area contributed by atoms with Gasteiger partial charge in [0, 0.05) is 21.3 Å². The minimum absolute atomic E-state index is 0.270. The Balaban J connectivity index is 1.69. The fraction of sp³-hybridized carbons (Fsp3) is 0.0714. The largest absolute Gasteiger partial charge is 0.350 e. The second-order valence-electron chi connectivity index (χ2n) is 4.57. The number of hydrazine groups is 1. The van der Waals surface area contributed by atoms with Crippen molar-refractivity contribution < 1.29 is 9.59 Å². The van der Waals surface area contributed by atoms with Gasteiger partial charge in [0.1, 0.15) is 11.4 Å². The lowest BCUT2D eigenvalue weighted by molar-refractivity contribution is 0.0842. The fourth-order valence-corrected chi connectivity index (χ4v) is 2.71. The Morgan fingerprint density at radius 3 is 2.73 bits per heavy atom. The summed E-state index contributed by atoms with van der Waals surface area (Å²) in [6, 6.07) is 6.93. The molecule has 1 aromatic carbocycles. The Hall–Kier alpha value is -2.38. The molecule has 2 aromatic heterocycles. The molecular formula is C14H11ClN4O2S. The minimum atomic E-state index is -0.461. The molecule has 0 bridgehead atoms. The van der Waals surface area contributed by atoms with Crippen LogP contribution in [0.2, 0.25) is 5.02 Å². The molecule has 8 heteroatoms. The van der Waals surface area contributed by atoms with E-state index in [1.807, 2.05) is 0 Å². The third-order valence-corrected chi connectivity index (χ3v) is 3.98. The molecule has 0 unspecified atom stereocenters. The number of aromatic nitrogens is 2. The predicted octanol–water partition coefficient (Wildman–Crippen LogP) is 2.66. The van der Waals surface area contributed by atoms with Gasteiger partial charge in [-0.25, -0.2) is 4.98 Å². The van der Waals surface area contributed by atoms with E-state index < -0.39 is 11.8 Å². The second-order valence-corrected chi connectivity index (χ2v) is 6.07. The summed E-state index contributed by atoms with van der Waals surface area (Å²) in [4.78, 5) is 30.8. The Bertz CT molecular complexity index is 871. The molecule has 0 fully saturated rings. The molecule has 2 amide bonds. The average Bonchev–Trinajstić information content (AvgIpc) is 3.10. The van der Waals surface area contributed by atoms with E-state index in [0.717, 1.165) is 15.9 Å². The monoisotopic (exact) mass is 334 g/mol. The standard InChI is InChI=1S/C14H11ClN4O2S/c1-7-16-12(6-22-7)14(21)19-18-13(20)11-5-8-4-9(15)2-3-10(8)17-11/h2-6,17H,1H3,(H,18,20)(H,19,21). The van der Waals surface area contributed by atoms with Gasteiger partial charge in [-0.15, -0.1) is 11.3 Å². The summed E-state index contributed by atoms with van der Waals surface area (Å²) in [6.45, 7) is 1.80. The SMILES string of the molecule is Cc1nc(C(=O)NNC(=O)c2cc3cc(Cl)ccc3[nH]2)cs1. The van der Waals surface area contributed by atoms with Crippen LogP contribution >= 0.6 is 22.9 Å². The number of nitrogens with one attached hydrogen (secondary N) is 3. The Labute approximate surface area is 134 Å². The van der Waals surface area contributed by atoms with Gasteiger partial charge in [-0.1, -0.05) is 11.6 Å². The van der Waals surface area contributed by atoms with Gasteiger partial charge >= 0.3 is 0 Å². The van der Waals surface area contributed by atoms with E-state index in [0.29, 0.717) is 10.7 Å². The Kier molecular flexibility index (Phi) is 3.82. The minimum Gasteiger partial charge on any atom is -0.350 e. The van der Waals surface area contributed by atoms with Gasteiger partial charge in [-0.05, 0) is 31.2 Å². The molecule has 22 heavy (non-hydrogen) atoms. The van der Waals surface area contributed by atoms with E-state index >= 15 is 0 Å². The van der Waals surface area contributed by atoms with Gasteiger partial charge in [-0.3, -0.25) is 20.4 Å². The molecule has 0 aliphatic heterocycles. The topological polar surface area (TPSA) is 86.9 Å². The number of rotatable bonds is 2. The molecule has 0 spiro atoms. The number of aryl methyl sites for hydroxylation is 1. The molecule has 6 nitrogen and oxygen atoms in total. The van der Waals surface area contributed by atoms with Crippen LogP contribution < -0.4 is 10.9 Å². The van der Waals surface area contributed by atoms with Gasteiger partial charge in [0.05, 0.1) is 5.01 Å². The summed E-state index contributed by atoms with van der Waals surface area (Å²) >= 11 is 7.27. The maximum atomic E-state index is 12.0. The Morgan fingerprint density at radius 1 is 1.23 bits per heavy atom. The summed E-state index contributed by atoms with van der Waals surface area (Å²) in [5.74, 6) is -0.913. The first-order valence-electron chi connectivity index (χ1n) is 6.34. The van der Waals surface area contributed by atoms with Crippen LogP contribution in [0.1, 0.15) is 26.0 Å². The lowest BCUT2D eigenvalue weighted by Gasteiger charge is -2.04. The number of H-pyrrole nitrogens is 1. The van der Waals surface area contributed by atoms with Crippen molar-refractivity contribution in [3.05, 3.63) is 51.1 Å². The van der Waals surface area contributed by atoms with Gasteiger partial charge in [0.25, 0.3) is 11.8 Å². The molecular weight excluding hydrogens is 324 g/mol. The lowest BCUT2D eigenvalue weighted by Crippen LogP contribution is -2.41. The third kappa shape index (κ3) is 2.95. The number of carbonyl (C=O) groups excluding carboxylic acids is 2. The molecule has 0 atom stereocenters. The summed E-state index contributed by atoms with van der Waals surface area (Å²) < 4.78 is 0. The van der Waals surface area contributed by atoms with Crippen molar-refractivity contribution in [2.45, 2.75) is 6.92 Å². The highest BCUT2D eigenvalue weighted by Gasteiger charge is 2.13. The van der Waals surface area contributed by atoms with E-state index in [2.05, 4.69) is 20.8 Å². The number of nitrogens with zero attached hydrogens (tertiary/aromatic N) is 1. The summed E-state index contributed by atoms with van der Waals surface area (Å²) in [5.41, 5.74) is 6.05. The van der Waals surface area contributed by atoms with Crippen LogP contribution in [0.5, 0.6) is 0 Å². The van der Waals surface area contributed by atoms with Gasteiger partial charge in [0.2, 0.25) is 0 Å². The molecule has 3 rings (SSSR count). The van der Waals surface area contributed by atoms with E-state index in [4.69, 9.17) is 11.6 Å². The number of halogens is 1. The fourth-order valence-electron chi connectivity index (χ4n) is 1.94.